The standard InChI is InChI=1S/C15H15ClN2O2/c1-20-15-13(3-2-10-17-15)14(19)18-12-6-4-11(5-7-12)8-9-16/h2-7,10H,8-9H2,1H3,(H,18,19). The largest absolute Gasteiger partial charge is 0.480 e. The van der Waals surface area contributed by atoms with Crippen LogP contribution in [0.2, 0.25) is 0 Å². The maximum atomic E-state index is 12.2. The van der Waals surface area contributed by atoms with Gasteiger partial charge in [-0.05, 0) is 36.2 Å². The summed E-state index contributed by atoms with van der Waals surface area (Å²) < 4.78 is 5.07. The van der Waals surface area contributed by atoms with Gasteiger partial charge in [-0.15, -0.1) is 11.6 Å². The van der Waals surface area contributed by atoms with Gasteiger partial charge < -0.3 is 10.1 Å². The lowest BCUT2D eigenvalue weighted by atomic mass is 10.1. The topological polar surface area (TPSA) is 51.2 Å². The Labute approximate surface area is 122 Å². The van der Waals surface area contributed by atoms with Crippen molar-refractivity contribution in [3.05, 3.63) is 53.7 Å². The predicted octanol–water partition coefficient (Wildman–Crippen LogP) is 3.12. The van der Waals surface area contributed by atoms with Gasteiger partial charge >= 0.3 is 0 Å². The second kappa shape index (κ2) is 6.91. The van der Waals surface area contributed by atoms with E-state index < -0.39 is 0 Å². The molecule has 0 unspecified atom stereocenters. The summed E-state index contributed by atoms with van der Waals surface area (Å²) in [5, 5.41) is 2.81. The van der Waals surface area contributed by atoms with Crippen molar-refractivity contribution in [2.75, 3.05) is 18.3 Å². The first-order chi connectivity index (χ1) is 9.74. The molecule has 0 atom stereocenters. The van der Waals surface area contributed by atoms with Crippen LogP contribution in [0.25, 0.3) is 0 Å². The molecule has 0 radical (unpaired) electrons. The zero-order valence-electron chi connectivity index (χ0n) is 11.1. The van der Waals surface area contributed by atoms with Crippen LogP contribution in [-0.2, 0) is 6.42 Å². The number of hydrogen-bond acceptors (Lipinski definition) is 3. The minimum atomic E-state index is -0.250. The van der Waals surface area contributed by atoms with Gasteiger partial charge in [-0.2, -0.15) is 0 Å². The van der Waals surface area contributed by atoms with E-state index in [0.29, 0.717) is 17.3 Å². The van der Waals surface area contributed by atoms with Gasteiger partial charge in [0.2, 0.25) is 5.88 Å². The fraction of sp³-hybridized carbons (Fsp3) is 0.200. The highest BCUT2D eigenvalue weighted by molar-refractivity contribution is 6.18. The molecular weight excluding hydrogens is 276 g/mol. The van der Waals surface area contributed by atoms with Crippen LogP contribution in [0.3, 0.4) is 0 Å². The minimum Gasteiger partial charge on any atom is -0.480 e. The molecule has 0 saturated carbocycles. The molecule has 1 N–H and O–H groups in total. The lowest BCUT2D eigenvalue weighted by Crippen LogP contribution is -2.13. The van der Waals surface area contributed by atoms with E-state index in [1.165, 1.54) is 7.11 Å². The van der Waals surface area contributed by atoms with Gasteiger partial charge in [0.05, 0.1) is 7.11 Å². The molecule has 20 heavy (non-hydrogen) atoms. The number of carbonyl (C=O) groups excluding carboxylic acids is 1. The number of alkyl halides is 1. The van der Waals surface area contributed by atoms with Crippen LogP contribution >= 0.6 is 11.6 Å². The number of methoxy groups -OCH3 is 1. The number of amides is 1. The Hall–Kier alpha value is -2.07. The quantitative estimate of drug-likeness (QED) is 0.861. The number of rotatable bonds is 5. The zero-order chi connectivity index (χ0) is 14.4. The summed E-state index contributed by atoms with van der Waals surface area (Å²) in [6.07, 6.45) is 2.39. The van der Waals surface area contributed by atoms with Crippen molar-refractivity contribution in [2.24, 2.45) is 0 Å². The van der Waals surface area contributed by atoms with Gasteiger partial charge in [-0.1, -0.05) is 12.1 Å². The van der Waals surface area contributed by atoms with Crippen LogP contribution in [0.15, 0.2) is 42.6 Å². The molecule has 0 aliphatic rings. The summed E-state index contributed by atoms with van der Waals surface area (Å²) in [5.41, 5.74) is 2.26. The van der Waals surface area contributed by atoms with Crippen LogP contribution in [0, 0.1) is 0 Å². The second-order valence-corrected chi connectivity index (χ2v) is 4.53. The van der Waals surface area contributed by atoms with Gasteiger partial charge in [0, 0.05) is 17.8 Å². The van der Waals surface area contributed by atoms with Crippen molar-refractivity contribution in [1.29, 1.82) is 0 Å². The van der Waals surface area contributed by atoms with Gasteiger partial charge in [-0.25, -0.2) is 4.98 Å². The van der Waals surface area contributed by atoms with Crippen LogP contribution in [0.5, 0.6) is 5.88 Å². The lowest BCUT2D eigenvalue weighted by molar-refractivity contribution is 0.102. The first kappa shape index (κ1) is 14.3. The third kappa shape index (κ3) is 3.48. The maximum Gasteiger partial charge on any atom is 0.261 e. The molecule has 4 nitrogen and oxygen atoms in total. The average molecular weight is 291 g/mol. The molecular formula is C15H15ClN2O2. The molecule has 0 aliphatic heterocycles. The number of ether oxygens (including phenoxy) is 1. The second-order valence-electron chi connectivity index (χ2n) is 4.15. The Kier molecular flexibility index (Phi) is 4.96. The number of aromatic nitrogens is 1. The van der Waals surface area contributed by atoms with Crippen molar-refractivity contribution in [3.8, 4) is 5.88 Å². The predicted molar refractivity (Wildman–Crippen MR) is 79.6 cm³/mol. The van der Waals surface area contributed by atoms with Crippen LogP contribution in [0.1, 0.15) is 15.9 Å². The Balaban J connectivity index is 2.11. The van der Waals surface area contributed by atoms with Crippen molar-refractivity contribution in [2.45, 2.75) is 6.42 Å². The van der Waals surface area contributed by atoms with Crippen molar-refractivity contribution < 1.29 is 9.53 Å². The Bertz CT molecular complexity index is 585. The molecule has 0 spiro atoms. The number of carbonyl (C=O) groups is 1. The number of nitrogens with one attached hydrogen (secondary N) is 1. The van der Waals surface area contributed by atoms with Crippen molar-refractivity contribution in [1.82, 2.24) is 4.98 Å². The molecule has 1 aromatic heterocycles. The summed E-state index contributed by atoms with van der Waals surface area (Å²) in [6, 6.07) is 11.0. The Morgan fingerprint density at radius 3 is 2.70 bits per heavy atom. The Morgan fingerprint density at radius 1 is 1.30 bits per heavy atom. The first-order valence-corrected chi connectivity index (χ1v) is 6.73. The van der Waals surface area contributed by atoms with Gasteiger partial charge in [0.1, 0.15) is 5.56 Å². The van der Waals surface area contributed by atoms with Crippen molar-refractivity contribution in [3.63, 3.8) is 0 Å². The molecule has 1 aromatic carbocycles. The highest BCUT2D eigenvalue weighted by atomic mass is 35.5. The van der Waals surface area contributed by atoms with E-state index in [1.807, 2.05) is 24.3 Å². The van der Waals surface area contributed by atoms with Crippen molar-refractivity contribution >= 4 is 23.2 Å². The smallest absolute Gasteiger partial charge is 0.261 e. The molecule has 2 aromatic rings. The average Bonchev–Trinajstić information content (AvgIpc) is 2.49. The molecule has 5 heteroatoms. The van der Waals surface area contributed by atoms with E-state index in [-0.39, 0.29) is 5.91 Å². The number of aryl methyl sites for hydroxylation is 1. The van der Waals surface area contributed by atoms with Gasteiger partial charge in [-0.3, -0.25) is 4.79 Å². The third-order valence-electron chi connectivity index (χ3n) is 2.80. The van der Waals surface area contributed by atoms with Gasteiger partial charge in [0.15, 0.2) is 0 Å². The highest BCUT2D eigenvalue weighted by Crippen LogP contribution is 2.17. The molecule has 0 aliphatic carbocycles. The van der Waals surface area contributed by atoms with E-state index in [9.17, 15) is 4.79 Å². The lowest BCUT2D eigenvalue weighted by Gasteiger charge is -2.08. The maximum absolute atomic E-state index is 12.2. The van der Waals surface area contributed by atoms with E-state index in [1.54, 1.807) is 18.3 Å². The summed E-state index contributed by atoms with van der Waals surface area (Å²) in [5.74, 6) is 0.641. The molecule has 0 fully saturated rings. The molecule has 1 heterocycles. The third-order valence-corrected chi connectivity index (χ3v) is 2.99. The van der Waals surface area contributed by atoms with Crippen LogP contribution in [0.4, 0.5) is 5.69 Å². The number of benzene rings is 1. The summed E-state index contributed by atoms with van der Waals surface area (Å²) in [6.45, 7) is 0. The monoisotopic (exact) mass is 290 g/mol. The van der Waals surface area contributed by atoms with E-state index >= 15 is 0 Å². The van der Waals surface area contributed by atoms with E-state index in [4.69, 9.17) is 16.3 Å². The summed E-state index contributed by atoms with van der Waals surface area (Å²) >= 11 is 5.68. The minimum absolute atomic E-state index is 0.250. The summed E-state index contributed by atoms with van der Waals surface area (Å²) in [7, 11) is 1.49. The fourth-order valence-electron chi connectivity index (χ4n) is 1.79. The van der Waals surface area contributed by atoms with Crippen LogP contribution in [-0.4, -0.2) is 23.9 Å². The number of hydrogen-bond donors (Lipinski definition) is 1. The molecule has 0 saturated heterocycles. The normalized spacial score (nSPS) is 10.1. The number of anilines is 1. The highest BCUT2D eigenvalue weighted by Gasteiger charge is 2.12. The van der Waals surface area contributed by atoms with E-state index in [2.05, 4.69) is 10.3 Å². The SMILES string of the molecule is COc1ncccc1C(=O)Nc1ccc(CCCl)cc1. The number of pyridine rings is 1. The number of nitrogens with zero attached hydrogens (tertiary/aromatic N) is 1. The number of halogens is 1. The molecule has 104 valence electrons. The van der Waals surface area contributed by atoms with Crippen LogP contribution < -0.4 is 10.1 Å². The molecule has 0 bridgehead atoms. The van der Waals surface area contributed by atoms with E-state index in [0.717, 1.165) is 17.7 Å². The Morgan fingerprint density at radius 2 is 2.05 bits per heavy atom. The van der Waals surface area contributed by atoms with Gasteiger partial charge in [0.25, 0.3) is 5.91 Å². The summed E-state index contributed by atoms with van der Waals surface area (Å²) in [4.78, 5) is 16.2. The first-order valence-electron chi connectivity index (χ1n) is 6.20. The molecule has 1 amide bonds. The fourth-order valence-corrected chi connectivity index (χ4v) is 2.01. The molecule has 2 rings (SSSR count). The zero-order valence-corrected chi connectivity index (χ0v) is 11.9.